The second kappa shape index (κ2) is 4.27. The summed E-state index contributed by atoms with van der Waals surface area (Å²) in [5.74, 6) is -1.60. The first-order valence-electron chi connectivity index (χ1n) is 5.02. The van der Waals surface area contributed by atoms with Crippen molar-refractivity contribution in [2.24, 2.45) is 0 Å². The van der Waals surface area contributed by atoms with Gasteiger partial charge in [0, 0.05) is 11.6 Å². The Balaban J connectivity index is 2.83. The van der Waals surface area contributed by atoms with Gasteiger partial charge in [0.15, 0.2) is 11.6 Å². The molecule has 0 radical (unpaired) electrons. The predicted octanol–water partition coefficient (Wildman–Crippen LogP) is 3.41. The van der Waals surface area contributed by atoms with Crippen LogP contribution in [0.25, 0.3) is 0 Å². The highest BCUT2D eigenvalue weighted by atomic mass is 19.2. The van der Waals surface area contributed by atoms with Crippen molar-refractivity contribution in [1.82, 2.24) is 5.32 Å². The average Bonchev–Trinajstić information content (AvgIpc) is 2.06. The molecule has 0 amide bonds. The van der Waals surface area contributed by atoms with Crippen molar-refractivity contribution < 1.29 is 8.78 Å². The summed E-state index contributed by atoms with van der Waals surface area (Å²) in [7, 11) is 0. The van der Waals surface area contributed by atoms with Gasteiger partial charge in [0.2, 0.25) is 0 Å². The molecule has 1 aromatic carbocycles. The zero-order valence-corrected chi connectivity index (χ0v) is 9.57. The van der Waals surface area contributed by atoms with Crippen molar-refractivity contribution in [3.63, 3.8) is 0 Å². The van der Waals surface area contributed by atoms with Crippen molar-refractivity contribution in [1.29, 1.82) is 0 Å². The number of hydrogen-bond donors (Lipinski definition) is 1. The Hall–Kier alpha value is -0.960. The van der Waals surface area contributed by atoms with Crippen molar-refractivity contribution >= 4 is 0 Å². The molecular formula is C12H17F2N. The van der Waals surface area contributed by atoms with E-state index in [9.17, 15) is 8.78 Å². The van der Waals surface area contributed by atoms with E-state index in [0.717, 1.165) is 11.6 Å². The van der Waals surface area contributed by atoms with E-state index in [1.807, 2.05) is 27.7 Å². The molecule has 1 N–H and O–H groups in total. The number of benzene rings is 1. The van der Waals surface area contributed by atoms with Crippen molar-refractivity contribution in [3.05, 3.63) is 35.4 Å². The van der Waals surface area contributed by atoms with Gasteiger partial charge in [-0.15, -0.1) is 0 Å². The Morgan fingerprint density at radius 3 is 2.20 bits per heavy atom. The molecule has 15 heavy (non-hydrogen) atoms. The van der Waals surface area contributed by atoms with Crippen LogP contribution in [0.1, 0.15) is 39.3 Å². The quantitative estimate of drug-likeness (QED) is 0.793. The van der Waals surface area contributed by atoms with E-state index in [1.165, 1.54) is 6.07 Å². The van der Waals surface area contributed by atoms with E-state index in [4.69, 9.17) is 0 Å². The zero-order valence-electron chi connectivity index (χ0n) is 9.57. The van der Waals surface area contributed by atoms with E-state index in [0.29, 0.717) is 0 Å². The average molecular weight is 213 g/mol. The summed E-state index contributed by atoms with van der Waals surface area (Å²) < 4.78 is 25.7. The van der Waals surface area contributed by atoms with Crippen LogP contribution in [-0.2, 0) is 0 Å². The summed E-state index contributed by atoms with van der Waals surface area (Å²) in [5, 5.41) is 3.29. The minimum atomic E-state index is -0.804. The molecule has 0 fully saturated rings. The van der Waals surface area contributed by atoms with Crippen LogP contribution in [0.4, 0.5) is 8.78 Å². The van der Waals surface area contributed by atoms with E-state index in [2.05, 4.69) is 5.32 Å². The maximum absolute atomic E-state index is 13.0. The molecule has 0 aliphatic heterocycles. The number of halogens is 2. The van der Waals surface area contributed by atoms with Gasteiger partial charge >= 0.3 is 0 Å². The summed E-state index contributed by atoms with van der Waals surface area (Å²) in [6, 6.07) is 3.99. The molecule has 1 rings (SSSR count). The molecule has 0 saturated carbocycles. The summed E-state index contributed by atoms with van der Waals surface area (Å²) in [6.07, 6.45) is 0. The molecule has 1 atom stereocenters. The van der Waals surface area contributed by atoms with Gasteiger partial charge in [-0.1, -0.05) is 6.07 Å². The molecule has 0 bridgehead atoms. The van der Waals surface area contributed by atoms with Gasteiger partial charge in [-0.2, -0.15) is 0 Å². The predicted molar refractivity (Wildman–Crippen MR) is 57.7 cm³/mol. The Morgan fingerprint density at radius 1 is 1.13 bits per heavy atom. The summed E-state index contributed by atoms with van der Waals surface area (Å²) in [5.41, 5.74) is 0.702. The van der Waals surface area contributed by atoms with Crippen LogP contribution >= 0.6 is 0 Å². The lowest BCUT2D eigenvalue weighted by Gasteiger charge is -2.26. The van der Waals surface area contributed by atoms with Gasteiger partial charge < -0.3 is 5.32 Å². The van der Waals surface area contributed by atoms with E-state index in [1.54, 1.807) is 6.07 Å². The summed E-state index contributed by atoms with van der Waals surface area (Å²) in [6.45, 7) is 8.02. The maximum atomic E-state index is 13.0. The van der Waals surface area contributed by atoms with Crippen LogP contribution in [0, 0.1) is 11.6 Å². The van der Waals surface area contributed by atoms with Crippen LogP contribution in [0.3, 0.4) is 0 Å². The smallest absolute Gasteiger partial charge is 0.159 e. The largest absolute Gasteiger partial charge is 0.306 e. The molecule has 0 spiro atoms. The highest BCUT2D eigenvalue weighted by molar-refractivity contribution is 5.21. The molecule has 0 aromatic heterocycles. The number of nitrogens with one attached hydrogen (secondary N) is 1. The second-order valence-corrected chi connectivity index (χ2v) is 4.79. The van der Waals surface area contributed by atoms with Gasteiger partial charge in [0.1, 0.15) is 0 Å². The minimum absolute atomic E-state index is 0.0000926. The lowest BCUT2D eigenvalue weighted by molar-refractivity contribution is 0.376. The lowest BCUT2D eigenvalue weighted by atomic mass is 10.0. The second-order valence-electron chi connectivity index (χ2n) is 4.79. The summed E-state index contributed by atoms with van der Waals surface area (Å²) >= 11 is 0. The highest BCUT2D eigenvalue weighted by Crippen LogP contribution is 2.18. The third kappa shape index (κ3) is 3.59. The Bertz CT molecular complexity index is 342. The molecule has 0 unspecified atom stereocenters. The third-order valence-electron chi connectivity index (χ3n) is 2.09. The topological polar surface area (TPSA) is 12.0 Å². The number of rotatable bonds is 2. The molecule has 0 heterocycles. The maximum Gasteiger partial charge on any atom is 0.159 e. The van der Waals surface area contributed by atoms with Crippen molar-refractivity contribution in [2.45, 2.75) is 39.3 Å². The Labute approximate surface area is 89.5 Å². The standard InChI is InChI=1S/C12H17F2N/c1-8(15-12(2,3)4)9-5-6-10(13)11(14)7-9/h5-8,15H,1-4H3/t8-/m0/s1. The molecular weight excluding hydrogens is 196 g/mol. The van der Waals surface area contributed by atoms with Crippen LogP contribution < -0.4 is 5.32 Å². The Morgan fingerprint density at radius 2 is 1.73 bits per heavy atom. The molecule has 0 aliphatic rings. The lowest BCUT2D eigenvalue weighted by Crippen LogP contribution is -2.37. The first-order chi connectivity index (χ1) is 6.79. The van der Waals surface area contributed by atoms with Crippen LogP contribution in [-0.4, -0.2) is 5.54 Å². The fourth-order valence-electron chi connectivity index (χ4n) is 1.51. The molecule has 3 heteroatoms. The van der Waals surface area contributed by atoms with Crippen molar-refractivity contribution in [3.8, 4) is 0 Å². The van der Waals surface area contributed by atoms with Gasteiger partial charge in [-0.05, 0) is 45.4 Å². The highest BCUT2D eigenvalue weighted by Gasteiger charge is 2.15. The van der Waals surface area contributed by atoms with Gasteiger partial charge in [-0.25, -0.2) is 8.78 Å². The SMILES string of the molecule is C[C@H](NC(C)(C)C)c1ccc(F)c(F)c1. The Kier molecular flexibility index (Phi) is 3.45. The van der Waals surface area contributed by atoms with Gasteiger partial charge in [0.05, 0.1) is 0 Å². The molecule has 1 nitrogen and oxygen atoms in total. The monoisotopic (exact) mass is 213 g/mol. The first-order valence-corrected chi connectivity index (χ1v) is 5.02. The zero-order chi connectivity index (χ0) is 11.6. The van der Waals surface area contributed by atoms with Gasteiger partial charge in [0.25, 0.3) is 0 Å². The summed E-state index contributed by atoms with van der Waals surface area (Å²) in [4.78, 5) is 0. The van der Waals surface area contributed by atoms with Crippen LogP contribution in [0.2, 0.25) is 0 Å². The van der Waals surface area contributed by atoms with E-state index in [-0.39, 0.29) is 11.6 Å². The molecule has 84 valence electrons. The minimum Gasteiger partial charge on any atom is -0.306 e. The van der Waals surface area contributed by atoms with Crippen LogP contribution in [0.5, 0.6) is 0 Å². The molecule has 0 saturated heterocycles. The number of hydrogen-bond acceptors (Lipinski definition) is 1. The molecule has 0 aliphatic carbocycles. The fourth-order valence-corrected chi connectivity index (χ4v) is 1.51. The third-order valence-corrected chi connectivity index (χ3v) is 2.09. The normalized spacial score (nSPS) is 14.0. The van der Waals surface area contributed by atoms with Gasteiger partial charge in [-0.3, -0.25) is 0 Å². The van der Waals surface area contributed by atoms with Crippen LogP contribution in [0.15, 0.2) is 18.2 Å². The van der Waals surface area contributed by atoms with Crippen molar-refractivity contribution in [2.75, 3.05) is 0 Å². The molecule has 1 aromatic rings. The van der Waals surface area contributed by atoms with E-state index < -0.39 is 11.6 Å². The van der Waals surface area contributed by atoms with E-state index >= 15 is 0 Å². The fraction of sp³-hybridized carbons (Fsp3) is 0.500. The first kappa shape index (κ1) is 12.1.